The highest BCUT2D eigenvalue weighted by molar-refractivity contribution is 5.78. The Morgan fingerprint density at radius 1 is 1.19 bits per heavy atom. The zero-order chi connectivity index (χ0) is 22.9. The maximum atomic E-state index is 13.4. The van der Waals surface area contributed by atoms with E-state index >= 15 is 0 Å². The molecule has 1 fully saturated rings. The van der Waals surface area contributed by atoms with E-state index < -0.39 is 11.9 Å². The number of carbonyl (C=O) groups is 1. The summed E-state index contributed by atoms with van der Waals surface area (Å²) in [7, 11) is 1.53. The van der Waals surface area contributed by atoms with E-state index in [2.05, 4.69) is 15.1 Å². The Labute approximate surface area is 182 Å². The van der Waals surface area contributed by atoms with Gasteiger partial charge in [0.25, 0.3) is 11.7 Å². The van der Waals surface area contributed by atoms with Gasteiger partial charge in [-0.3, -0.25) is 4.79 Å². The first kappa shape index (κ1) is 21.8. The van der Waals surface area contributed by atoms with Crippen LogP contribution < -0.4 is 9.47 Å². The third-order valence-corrected chi connectivity index (χ3v) is 5.50. The normalized spacial score (nSPS) is 15.2. The molecule has 0 bridgehead atoms. The van der Waals surface area contributed by atoms with Crippen LogP contribution in [0.5, 0.6) is 11.5 Å². The minimum Gasteiger partial charge on any atom is -0.493 e. The topological polar surface area (TPSA) is 81.9 Å². The summed E-state index contributed by atoms with van der Waals surface area (Å²) in [5.41, 5.74) is 0.411. The summed E-state index contributed by atoms with van der Waals surface area (Å²) in [6, 6.07) is 6.46. The molecular weight excluding hydrogens is 427 g/mol. The number of piperidine rings is 1. The second-order valence-electron chi connectivity index (χ2n) is 7.63. The van der Waals surface area contributed by atoms with Crippen molar-refractivity contribution in [1.82, 2.24) is 24.5 Å². The van der Waals surface area contributed by atoms with Gasteiger partial charge in [-0.05, 0) is 43.5 Å². The molecule has 2 aromatic heterocycles. The molecule has 1 aromatic carbocycles. The minimum atomic E-state index is -4.57. The van der Waals surface area contributed by atoms with Crippen molar-refractivity contribution < 1.29 is 27.4 Å². The summed E-state index contributed by atoms with van der Waals surface area (Å²) in [4.78, 5) is 22.3. The molecule has 8 nitrogen and oxygen atoms in total. The molecule has 0 aliphatic carbocycles. The molecular formula is C21H22F3N5O3. The first-order valence-electron chi connectivity index (χ1n) is 10.1. The predicted molar refractivity (Wildman–Crippen MR) is 108 cm³/mol. The molecule has 11 heteroatoms. The molecule has 0 saturated carbocycles. The zero-order valence-corrected chi connectivity index (χ0v) is 17.6. The van der Waals surface area contributed by atoms with Gasteiger partial charge in [-0.2, -0.15) is 27.8 Å². The maximum absolute atomic E-state index is 13.4. The highest BCUT2D eigenvalue weighted by Gasteiger charge is 2.36. The van der Waals surface area contributed by atoms with Crippen molar-refractivity contribution in [2.24, 2.45) is 0 Å². The van der Waals surface area contributed by atoms with E-state index in [-0.39, 0.29) is 24.2 Å². The molecule has 0 atom stereocenters. The fourth-order valence-electron chi connectivity index (χ4n) is 3.79. The number of aryl methyl sites for hydroxylation is 1. The van der Waals surface area contributed by atoms with Crippen LogP contribution in [0.15, 0.2) is 30.6 Å². The third kappa shape index (κ3) is 4.46. The number of carbonyl (C=O) groups excluding carboxylic acids is 1. The molecule has 1 aliphatic rings. The summed E-state index contributed by atoms with van der Waals surface area (Å²) >= 11 is 0. The fraction of sp³-hybridized carbons (Fsp3) is 0.429. The van der Waals surface area contributed by atoms with E-state index in [0.29, 0.717) is 47.6 Å². The molecule has 0 unspecified atom stereocenters. The number of hydrogen-bond acceptors (Lipinski definition) is 6. The van der Waals surface area contributed by atoms with Crippen LogP contribution in [0.25, 0.3) is 5.78 Å². The lowest BCUT2D eigenvalue weighted by atomic mass is 9.93. The van der Waals surface area contributed by atoms with Crippen LogP contribution in [0.2, 0.25) is 0 Å². The lowest BCUT2D eigenvalue weighted by Crippen LogP contribution is -2.40. The third-order valence-electron chi connectivity index (χ3n) is 5.50. The Kier molecular flexibility index (Phi) is 5.90. The maximum Gasteiger partial charge on any atom is 0.433 e. The molecule has 1 amide bonds. The van der Waals surface area contributed by atoms with Crippen LogP contribution >= 0.6 is 0 Å². The molecule has 32 heavy (non-hydrogen) atoms. The predicted octanol–water partition coefficient (Wildman–Crippen LogP) is 3.25. The SMILES string of the molecule is COc1cc(C)ccc1OCC(=O)N1CCC(c2cc(C(F)(F)F)n3ncnc3n2)CC1. The van der Waals surface area contributed by atoms with Crippen LogP contribution in [-0.2, 0) is 11.0 Å². The Hall–Kier alpha value is -3.37. The van der Waals surface area contributed by atoms with Gasteiger partial charge in [0.1, 0.15) is 6.33 Å². The lowest BCUT2D eigenvalue weighted by Gasteiger charge is -2.32. The molecule has 3 heterocycles. The minimum absolute atomic E-state index is 0.0891. The van der Waals surface area contributed by atoms with Crippen molar-refractivity contribution in [3.05, 3.63) is 47.5 Å². The number of aromatic nitrogens is 4. The highest BCUT2D eigenvalue weighted by Crippen LogP contribution is 2.34. The summed E-state index contributed by atoms with van der Waals surface area (Å²) in [5, 5.41) is 3.62. The van der Waals surface area contributed by atoms with E-state index in [0.717, 1.165) is 18.0 Å². The molecule has 4 rings (SSSR count). The van der Waals surface area contributed by atoms with Crippen molar-refractivity contribution in [2.75, 3.05) is 26.8 Å². The van der Waals surface area contributed by atoms with Crippen LogP contribution in [0.4, 0.5) is 13.2 Å². The number of likely N-dealkylation sites (tertiary alicyclic amines) is 1. The van der Waals surface area contributed by atoms with Gasteiger partial charge in [0.15, 0.2) is 23.8 Å². The average molecular weight is 449 g/mol. The smallest absolute Gasteiger partial charge is 0.433 e. The summed E-state index contributed by atoms with van der Waals surface area (Å²) < 4.78 is 51.9. The number of halogens is 3. The molecule has 3 aromatic rings. The molecule has 170 valence electrons. The number of methoxy groups -OCH3 is 1. The highest BCUT2D eigenvalue weighted by atomic mass is 19.4. The Morgan fingerprint density at radius 3 is 2.62 bits per heavy atom. The Morgan fingerprint density at radius 2 is 1.94 bits per heavy atom. The van der Waals surface area contributed by atoms with E-state index in [4.69, 9.17) is 9.47 Å². The Bertz CT molecular complexity index is 1120. The molecule has 0 radical (unpaired) electrons. The number of ether oxygens (including phenoxy) is 2. The van der Waals surface area contributed by atoms with Gasteiger partial charge in [-0.15, -0.1) is 0 Å². The number of fused-ring (bicyclic) bond motifs is 1. The number of rotatable bonds is 5. The summed E-state index contributed by atoms with van der Waals surface area (Å²) in [6.45, 7) is 2.58. The van der Waals surface area contributed by atoms with Gasteiger partial charge >= 0.3 is 6.18 Å². The monoisotopic (exact) mass is 449 g/mol. The lowest BCUT2D eigenvalue weighted by molar-refractivity contribution is -0.142. The molecule has 0 spiro atoms. The average Bonchev–Trinajstić information content (AvgIpc) is 3.25. The number of benzene rings is 1. The van der Waals surface area contributed by atoms with Crippen molar-refractivity contribution in [1.29, 1.82) is 0 Å². The van der Waals surface area contributed by atoms with Crippen LogP contribution in [0, 0.1) is 6.92 Å². The summed E-state index contributed by atoms with van der Waals surface area (Å²) in [6.07, 6.45) is -2.54. The van der Waals surface area contributed by atoms with Crippen LogP contribution in [0.3, 0.4) is 0 Å². The quantitative estimate of drug-likeness (QED) is 0.595. The molecule has 1 saturated heterocycles. The van der Waals surface area contributed by atoms with Crippen LogP contribution in [-0.4, -0.2) is 57.2 Å². The van der Waals surface area contributed by atoms with E-state index in [1.165, 1.54) is 7.11 Å². The van der Waals surface area contributed by atoms with Gasteiger partial charge in [-0.25, -0.2) is 4.98 Å². The number of hydrogen-bond donors (Lipinski definition) is 0. The van der Waals surface area contributed by atoms with Crippen molar-refractivity contribution in [3.63, 3.8) is 0 Å². The molecule has 1 aliphatic heterocycles. The van der Waals surface area contributed by atoms with Crippen molar-refractivity contribution >= 4 is 11.7 Å². The second-order valence-corrected chi connectivity index (χ2v) is 7.63. The number of alkyl halides is 3. The fourth-order valence-corrected chi connectivity index (χ4v) is 3.79. The van der Waals surface area contributed by atoms with Gasteiger partial charge in [0.2, 0.25) is 0 Å². The van der Waals surface area contributed by atoms with Crippen LogP contribution in [0.1, 0.15) is 35.7 Å². The summed E-state index contributed by atoms with van der Waals surface area (Å²) in [5.74, 6) is 0.537. The van der Waals surface area contributed by atoms with Gasteiger partial charge in [0, 0.05) is 24.7 Å². The van der Waals surface area contributed by atoms with E-state index in [9.17, 15) is 18.0 Å². The first-order valence-corrected chi connectivity index (χ1v) is 10.1. The standard InChI is InChI=1S/C21H22F3N5O3/c1-13-3-4-16(17(9-13)31-2)32-11-19(30)28-7-5-14(6-8-28)15-10-18(21(22,23)24)29-20(27-15)25-12-26-29/h3-4,9-10,12,14H,5-8,11H2,1-2H3. The van der Waals surface area contributed by atoms with Crippen molar-refractivity contribution in [2.45, 2.75) is 31.9 Å². The first-order chi connectivity index (χ1) is 15.3. The number of amides is 1. The van der Waals surface area contributed by atoms with E-state index in [1.54, 1.807) is 11.0 Å². The van der Waals surface area contributed by atoms with Gasteiger partial charge < -0.3 is 14.4 Å². The molecule has 0 N–H and O–H groups in total. The second kappa shape index (κ2) is 8.64. The zero-order valence-electron chi connectivity index (χ0n) is 17.6. The van der Waals surface area contributed by atoms with Crippen molar-refractivity contribution in [3.8, 4) is 11.5 Å². The largest absolute Gasteiger partial charge is 0.493 e. The van der Waals surface area contributed by atoms with Gasteiger partial charge in [-0.1, -0.05) is 6.07 Å². The number of nitrogens with zero attached hydrogens (tertiary/aromatic N) is 5. The van der Waals surface area contributed by atoms with Gasteiger partial charge in [0.05, 0.1) is 7.11 Å². The Balaban J connectivity index is 1.40. The van der Waals surface area contributed by atoms with E-state index in [1.807, 2.05) is 19.1 Å².